The van der Waals surface area contributed by atoms with Gasteiger partial charge in [-0.15, -0.1) is 0 Å². The Morgan fingerprint density at radius 1 is 0.656 bits per heavy atom. The third kappa shape index (κ3) is 34.0. The molecule has 1 atom stereocenters. The summed E-state index contributed by atoms with van der Waals surface area (Å²) in [5, 5.41) is 8.43. The van der Waals surface area contributed by atoms with Crippen LogP contribution in [0, 0.1) is 0 Å². The van der Waals surface area contributed by atoms with Gasteiger partial charge in [0.15, 0.2) is 0 Å². The quantitative estimate of drug-likeness (QED) is 0.123. The van der Waals surface area contributed by atoms with Crippen LogP contribution in [0.4, 0.5) is 0 Å². The molecule has 1 N–H and O–H groups in total. The van der Waals surface area contributed by atoms with Crippen LogP contribution in [-0.2, 0) is 14.3 Å². The Morgan fingerprint density at radius 3 is 1.38 bits per heavy atom. The first kappa shape index (κ1) is 33.6. The van der Waals surface area contributed by atoms with Crippen LogP contribution in [0.15, 0.2) is 0 Å². The van der Waals surface area contributed by atoms with E-state index in [0.717, 1.165) is 12.8 Å². The zero-order valence-corrected chi connectivity index (χ0v) is 22.3. The highest BCUT2D eigenvalue weighted by Gasteiger charge is 2.02. The lowest BCUT2D eigenvalue weighted by molar-refractivity contribution is -0.143. The summed E-state index contributed by atoms with van der Waals surface area (Å²) in [6, 6.07) is 0. The highest BCUT2D eigenvalue weighted by atomic mass is 16.5. The summed E-state index contributed by atoms with van der Waals surface area (Å²) in [6.07, 6.45) is 25.2. The van der Waals surface area contributed by atoms with Crippen LogP contribution in [0.1, 0.15) is 149 Å². The van der Waals surface area contributed by atoms with Crippen molar-refractivity contribution >= 4 is 5.97 Å². The van der Waals surface area contributed by atoms with E-state index < -0.39 is 0 Å². The topological polar surface area (TPSA) is 55.8 Å². The van der Waals surface area contributed by atoms with Gasteiger partial charge in [0, 0.05) is 13.5 Å². The largest absolute Gasteiger partial charge is 0.466 e. The van der Waals surface area contributed by atoms with E-state index >= 15 is 0 Å². The van der Waals surface area contributed by atoms with E-state index in [1.54, 1.807) is 14.0 Å². The molecule has 4 heteroatoms. The van der Waals surface area contributed by atoms with Gasteiger partial charge in [-0.25, -0.2) is 0 Å². The third-order valence-corrected chi connectivity index (χ3v) is 5.65. The molecule has 0 bridgehead atoms. The number of aliphatic hydroxyl groups excluding tert-OH is 1. The summed E-state index contributed by atoms with van der Waals surface area (Å²) in [5.41, 5.74) is 0. The average Bonchev–Trinajstić information content (AvgIpc) is 2.76. The van der Waals surface area contributed by atoms with Gasteiger partial charge in [0.1, 0.15) is 0 Å². The molecule has 0 fully saturated rings. The lowest BCUT2D eigenvalue weighted by Gasteiger charge is -2.05. The summed E-state index contributed by atoms with van der Waals surface area (Å²) in [7, 11) is 1.56. The van der Waals surface area contributed by atoms with Gasteiger partial charge < -0.3 is 14.6 Å². The van der Waals surface area contributed by atoms with Gasteiger partial charge >= 0.3 is 5.97 Å². The third-order valence-electron chi connectivity index (χ3n) is 5.65. The van der Waals surface area contributed by atoms with Crippen molar-refractivity contribution in [2.24, 2.45) is 0 Å². The second-order valence-electron chi connectivity index (χ2n) is 9.29. The van der Waals surface area contributed by atoms with Gasteiger partial charge in [-0.1, -0.05) is 123 Å². The Hall–Kier alpha value is -0.610. The minimum absolute atomic E-state index is 0.0154. The Bertz CT molecular complexity index is 344. The van der Waals surface area contributed by atoms with Gasteiger partial charge in [-0.3, -0.25) is 4.79 Å². The molecular formula is C28H58O4. The standard InChI is InChI=1S/C24H48O2.C4H10O2/c1-3-5-7-9-11-12-13-14-15-16-17-18-20-22-24(25)26-23-21-19-10-8-6-4-2;1-4(5)3-6-2/h3-23H2,1-2H3;4-5H,3H2,1-2H3. The SMILES string of the molecule is CCCCCCCCCCCCCCCC(=O)OCCCCCCCC.COCC(C)O. The molecule has 0 saturated heterocycles. The van der Waals surface area contributed by atoms with Crippen LogP contribution in [-0.4, -0.2) is 37.5 Å². The predicted octanol–water partition coefficient (Wildman–Crippen LogP) is 8.39. The first-order valence-electron chi connectivity index (χ1n) is 13.9. The second-order valence-corrected chi connectivity index (χ2v) is 9.29. The van der Waals surface area contributed by atoms with Crippen molar-refractivity contribution in [1.29, 1.82) is 0 Å². The fraction of sp³-hybridized carbons (Fsp3) is 0.964. The fourth-order valence-electron chi connectivity index (χ4n) is 3.67. The summed E-state index contributed by atoms with van der Waals surface area (Å²) in [5.74, 6) is 0.0154. The smallest absolute Gasteiger partial charge is 0.305 e. The first-order valence-corrected chi connectivity index (χ1v) is 13.9. The van der Waals surface area contributed by atoms with Crippen molar-refractivity contribution in [3.8, 4) is 0 Å². The zero-order valence-electron chi connectivity index (χ0n) is 22.3. The molecule has 4 nitrogen and oxygen atoms in total. The number of unbranched alkanes of at least 4 members (excludes halogenated alkanes) is 17. The van der Waals surface area contributed by atoms with Gasteiger partial charge in [0.25, 0.3) is 0 Å². The number of rotatable bonds is 23. The van der Waals surface area contributed by atoms with Crippen molar-refractivity contribution in [1.82, 2.24) is 0 Å². The minimum atomic E-state index is -0.324. The highest BCUT2D eigenvalue weighted by molar-refractivity contribution is 5.69. The summed E-state index contributed by atoms with van der Waals surface area (Å²) >= 11 is 0. The molecular weight excluding hydrogens is 400 g/mol. The molecule has 0 aliphatic heterocycles. The second kappa shape index (κ2) is 30.4. The summed E-state index contributed by atoms with van der Waals surface area (Å²) in [6.45, 7) is 7.25. The van der Waals surface area contributed by atoms with Crippen LogP contribution in [0.5, 0.6) is 0 Å². The monoisotopic (exact) mass is 458 g/mol. The van der Waals surface area contributed by atoms with Gasteiger partial charge in [0.2, 0.25) is 0 Å². The van der Waals surface area contributed by atoms with Gasteiger partial charge in [-0.05, 0) is 19.8 Å². The predicted molar refractivity (Wildman–Crippen MR) is 138 cm³/mol. The molecule has 0 aromatic carbocycles. The van der Waals surface area contributed by atoms with Crippen molar-refractivity contribution in [3.63, 3.8) is 0 Å². The van der Waals surface area contributed by atoms with Crippen LogP contribution >= 0.6 is 0 Å². The lowest BCUT2D eigenvalue weighted by atomic mass is 10.0. The number of aliphatic hydroxyl groups is 1. The van der Waals surface area contributed by atoms with Crippen LogP contribution in [0.2, 0.25) is 0 Å². The normalized spacial score (nSPS) is 11.7. The zero-order chi connectivity index (χ0) is 24.1. The number of ether oxygens (including phenoxy) is 2. The fourth-order valence-corrected chi connectivity index (χ4v) is 3.67. The van der Waals surface area contributed by atoms with Gasteiger partial charge in [-0.2, -0.15) is 0 Å². The first-order chi connectivity index (χ1) is 15.6. The molecule has 0 rings (SSSR count). The van der Waals surface area contributed by atoms with Crippen molar-refractivity contribution in [2.45, 2.75) is 155 Å². The average molecular weight is 459 g/mol. The van der Waals surface area contributed by atoms with E-state index in [9.17, 15) is 4.79 Å². The van der Waals surface area contributed by atoms with Crippen molar-refractivity contribution < 1.29 is 19.4 Å². The number of methoxy groups -OCH3 is 1. The van der Waals surface area contributed by atoms with Crippen molar-refractivity contribution in [3.05, 3.63) is 0 Å². The Morgan fingerprint density at radius 2 is 1.03 bits per heavy atom. The van der Waals surface area contributed by atoms with E-state index in [2.05, 4.69) is 18.6 Å². The Labute approximate surface area is 201 Å². The molecule has 194 valence electrons. The molecule has 0 aromatic heterocycles. The lowest BCUT2D eigenvalue weighted by Crippen LogP contribution is -2.07. The minimum Gasteiger partial charge on any atom is -0.466 e. The maximum Gasteiger partial charge on any atom is 0.305 e. The highest BCUT2D eigenvalue weighted by Crippen LogP contribution is 2.13. The molecule has 0 aliphatic rings. The number of hydrogen-bond donors (Lipinski definition) is 1. The van der Waals surface area contributed by atoms with E-state index in [-0.39, 0.29) is 12.1 Å². The van der Waals surface area contributed by atoms with Crippen LogP contribution in [0.25, 0.3) is 0 Å². The molecule has 0 spiro atoms. The maximum absolute atomic E-state index is 11.7. The summed E-state index contributed by atoms with van der Waals surface area (Å²) < 4.78 is 9.87. The molecule has 32 heavy (non-hydrogen) atoms. The number of esters is 1. The van der Waals surface area contributed by atoms with Crippen molar-refractivity contribution in [2.75, 3.05) is 20.3 Å². The van der Waals surface area contributed by atoms with Crippen LogP contribution < -0.4 is 0 Å². The number of hydrogen-bond acceptors (Lipinski definition) is 4. The molecule has 1 unspecified atom stereocenters. The molecule has 0 heterocycles. The van der Waals surface area contributed by atoms with E-state index in [1.807, 2.05) is 0 Å². The number of carbonyl (C=O) groups is 1. The maximum atomic E-state index is 11.7. The summed E-state index contributed by atoms with van der Waals surface area (Å²) in [4.78, 5) is 11.7. The van der Waals surface area contributed by atoms with E-state index in [4.69, 9.17) is 9.84 Å². The number of carbonyl (C=O) groups excluding carboxylic acids is 1. The molecule has 0 radical (unpaired) electrons. The van der Waals surface area contributed by atoms with Crippen LogP contribution in [0.3, 0.4) is 0 Å². The van der Waals surface area contributed by atoms with E-state index in [0.29, 0.717) is 19.6 Å². The molecule has 0 aromatic rings. The molecule has 0 saturated carbocycles. The Kier molecular flexibility index (Phi) is 31.9. The Balaban J connectivity index is 0. The van der Waals surface area contributed by atoms with Gasteiger partial charge in [0.05, 0.1) is 19.3 Å². The molecule has 0 amide bonds. The molecule has 0 aliphatic carbocycles. The van der Waals surface area contributed by atoms with E-state index in [1.165, 1.54) is 109 Å².